The molecule has 0 radical (unpaired) electrons. The molecule has 1 unspecified atom stereocenters. The van der Waals surface area contributed by atoms with Gasteiger partial charge in [-0.3, -0.25) is 0 Å². The highest BCUT2D eigenvalue weighted by Crippen LogP contribution is 2.28. The van der Waals surface area contributed by atoms with Crippen LogP contribution >= 0.6 is 45.8 Å². The zero-order valence-electron chi connectivity index (χ0n) is 9.84. The second-order valence-electron chi connectivity index (χ2n) is 4.18. The Morgan fingerprint density at radius 2 is 1.95 bits per heavy atom. The van der Waals surface area contributed by atoms with Crippen LogP contribution < -0.4 is 5.73 Å². The summed E-state index contributed by atoms with van der Waals surface area (Å²) in [7, 11) is 0. The van der Waals surface area contributed by atoms with E-state index in [1.54, 1.807) is 18.2 Å². The summed E-state index contributed by atoms with van der Waals surface area (Å²) in [6.45, 7) is 0. The Hall–Kier alpha value is -0.360. The van der Waals surface area contributed by atoms with E-state index in [0.29, 0.717) is 22.0 Å². The van der Waals surface area contributed by atoms with Crippen LogP contribution in [0.2, 0.25) is 10.0 Å². The smallest absolute Gasteiger partial charge is 0.127 e. The average Bonchev–Trinajstić information content (AvgIpc) is 2.37. The lowest BCUT2D eigenvalue weighted by Crippen LogP contribution is -2.15. The first-order chi connectivity index (χ1) is 8.99. The molecule has 0 heterocycles. The minimum absolute atomic E-state index is 0.333. The van der Waals surface area contributed by atoms with E-state index in [1.165, 1.54) is 6.07 Å². The summed E-state index contributed by atoms with van der Waals surface area (Å²) in [5, 5.41) is 1.01. The van der Waals surface area contributed by atoms with Crippen LogP contribution in [0.15, 0.2) is 36.4 Å². The maximum absolute atomic E-state index is 13.7. The predicted molar refractivity (Wildman–Crippen MR) is 86.2 cm³/mol. The summed E-state index contributed by atoms with van der Waals surface area (Å²) in [5.41, 5.74) is 7.48. The maximum Gasteiger partial charge on any atom is 0.127 e. The van der Waals surface area contributed by atoms with E-state index < -0.39 is 0 Å². The predicted octanol–water partition coefficient (Wildman–Crippen LogP) is 4.98. The van der Waals surface area contributed by atoms with Crippen LogP contribution in [0.3, 0.4) is 0 Å². The number of benzene rings is 2. The molecule has 0 amide bonds. The van der Waals surface area contributed by atoms with Gasteiger partial charge in [-0.15, -0.1) is 0 Å². The molecule has 19 heavy (non-hydrogen) atoms. The first-order valence-corrected chi connectivity index (χ1v) is 7.46. The first kappa shape index (κ1) is 15.0. The standard InChI is InChI=1S/C14H11Cl2FIN/c15-8-4-5-13(18)10(6-8)14(19)7-9-11(16)2-1-3-12(9)17/h1-6,14H,7,19H2. The molecule has 0 aliphatic rings. The van der Waals surface area contributed by atoms with E-state index in [9.17, 15) is 4.39 Å². The van der Waals surface area contributed by atoms with Gasteiger partial charge in [-0.25, -0.2) is 4.39 Å². The maximum atomic E-state index is 13.7. The van der Waals surface area contributed by atoms with Crippen molar-refractivity contribution >= 4 is 45.8 Å². The highest BCUT2D eigenvalue weighted by Gasteiger charge is 2.15. The molecule has 0 fully saturated rings. The molecule has 100 valence electrons. The Labute approximate surface area is 135 Å². The van der Waals surface area contributed by atoms with Crippen molar-refractivity contribution in [1.82, 2.24) is 0 Å². The number of hydrogen-bond donors (Lipinski definition) is 1. The van der Waals surface area contributed by atoms with Crippen LogP contribution in [0.4, 0.5) is 4.39 Å². The number of halogens is 4. The molecule has 1 atom stereocenters. The van der Waals surface area contributed by atoms with Crippen molar-refractivity contribution in [3.63, 3.8) is 0 Å². The van der Waals surface area contributed by atoms with Crippen LogP contribution in [0.1, 0.15) is 17.2 Å². The molecule has 0 saturated carbocycles. The number of rotatable bonds is 3. The van der Waals surface area contributed by atoms with E-state index in [1.807, 2.05) is 12.1 Å². The topological polar surface area (TPSA) is 26.0 Å². The molecule has 5 heteroatoms. The van der Waals surface area contributed by atoms with Crippen LogP contribution in [0.25, 0.3) is 0 Å². The fourth-order valence-corrected chi connectivity index (χ4v) is 3.01. The average molecular weight is 410 g/mol. The van der Waals surface area contributed by atoms with Gasteiger partial charge in [0.2, 0.25) is 0 Å². The second-order valence-corrected chi connectivity index (χ2v) is 6.18. The number of nitrogens with two attached hydrogens (primary N) is 1. The summed E-state index contributed by atoms with van der Waals surface area (Å²) < 4.78 is 14.7. The fourth-order valence-electron chi connectivity index (χ4n) is 1.86. The van der Waals surface area contributed by atoms with Crippen LogP contribution in [-0.4, -0.2) is 0 Å². The van der Waals surface area contributed by atoms with Gasteiger partial charge in [0, 0.05) is 25.2 Å². The summed E-state index contributed by atoms with van der Waals surface area (Å²) in [6, 6.07) is 9.78. The number of hydrogen-bond acceptors (Lipinski definition) is 1. The van der Waals surface area contributed by atoms with Gasteiger partial charge in [0.15, 0.2) is 0 Å². The summed E-state index contributed by atoms with van der Waals surface area (Å²) in [4.78, 5) is 0. The molecular weight excluding hydrogens is 399 g/mol. The molecule has 1 nitrogen and oxygen atoms in total. The largest absolute Gasteiger partial charge is 0.324 e. The van der Waals surface area contributed by atoms with Crippen LogP contribution in [0, 0.1) is 9.39 Å². The van der Waals surface area contributed by atoms with Gasteiger partial charge in [-0.05, 0) is 64.9 Å². The first-order valence-electron chi connectivity index (χ1n) is 5.62. The molecule has 2 aromatic carbocycles. The fraction of sp³-hybridized carbons (Fsp3) is 0.143. The van der Waals surface area contributed by atoms with Gasteiger partial charge in [0.05, 0.1) is 0 Å². The van der Waals surface area contributed by atoms with Gasteiger partial charge >= 0.3 is 0 Å². The minimum Gasteiger partial charge on any atom is -0.324 e. The third-order valence-corrected chi connectivity index (χ3v) is 4.41. The van der Waals surface area contributed by atoms with E-state index in [2.05, 4.69) is 22.6 Å². The Morgan fingerprint density at radius 1 is 1.21 bits per heavy atom. The molecule has 0 aliphatic carbocycles. The molecule has 2 aromatic rings. The van der Waals surface area contributed by atoms with E-state index in [0.717, 1.165) is 9.13 Å². The van der Waals surface area contributed by atoms with Crippen LogP contribution in [0.5, 0.6) is 0 Å². The normalized spacial score (nSPS) is 12.5. The monoisotopic (exact) mass is 409 g/mol. The van der Waals surface area contributed by atoms with E-state index in [4.69, 9.17) is 28.9 Å². The van der Waals surface area contributed by atoms with Crippen molar-refractivity contribution in [3.05, 3.63) is 67.0 Å². The Bertz CT molecular complexity index is 584. The van der Waals surface area contributed by atoms with E-state index in [-0.39, 0.29) is 11.9 Å². The molecule has 0 aliphatic heterocycles. The summed E-state index contributed by atoms with van der Waals surface area (Å²) >= 11 is 14.2. The third-order valence-electron chi connectivity index (χ3n) is 2.84. The quantitative estimate of drug-likeness (QED) is 0.711. The summed E-state index contributed by atoms with van der Waals surface area (Å²) in [6.07, 6.45) is 0.335. The molecule has 0 bridgehead atoms. The third kappa shape index (κ3) is 3.60. The highest BCUT2D eigenvalue weighted by molar-refractivity contribution is 14.1. The lowest BCUT2D eigenvalue weighted by atomic mass is 9.99. The minimum atomic E-state index is -0.347. The zero-order valence-corrected chi connectivity index (χ0v) is 13.5. The molecule has 2 N–H and O–H groups in total. The van der Waals surface area contributed by atoms with Gasteiger partial charge in [-0.1, -0.05) is 29.3 Å². The van der Waals surface area contributed by atoms with Crippen LogP contribution in [-0.2, 0) is 6.42 Å². The SMILES string of the molecule is NC(Cc1c(F)cccc1Cl)c1cc(Cl)ccc1I. The molecule has 0 spiro atoms. The van der Waals surface area contributed by atoms with Gasteiger partial charge in [-0.2, -0.15) is 0 Å². The van der Waals surface area contributed by atoms with E-state index >= 15 is 0 Å². The second kappa shape index (κ2) is 6.39. The molecular formula is C14H11Cl2FIN. The lowest BCUT2D eigenvalue weighted by molar-refractivity contribution is 0.593. The molecule has 0 aromatic heterocycles. The van der Waals surface area contributed by atoms with Gasteiger partial charge in [0.1, 0.15) is 5.82 Å². The highest BCUT2D eigenvalue weighted by atomic mass is 127. The summed E-state index contributed by atoms with van der Waals surface area (Å²) in [5.74, 6) is -0.333. The lowest BCUT2D eigenvalue weighted by Gasteiger charge is -2.15. The van der Waals surface area contributed by atoms with Crippen molar-refractivity contribution in [2.45, 2.75) is 12.5 Å². The Morgan fingerprint density at radius 3 is 2.63 bits per heavy atom. The van der Waals surface area contributed by atoms with Crippen molar-refractivity contribution in [3.8, 4) is 0 Å². The van der Waals surface area contributed by atoms with Crippen molar-refractivity contribution in [1.29, 1.82) is 0 Å². The van der Waals surface area contributed by atoms with Crippen molar-refractivity contribution in [2.75, 3.05) is 0 Å². The Kier molecular flexibility index (Phi) is 5.06. The van der Waals surface area contributed by atoms with Gasteiger partial charge < -0.3 is 5.73 Å². The van der Waals surface area contributed by atoms with Gasteiger partial charge in [0.25, 0.3) is 0 Å². The zero-order chi connectivity index (χ0) is 14.0. The Balaban J connectivity index is 2.31. The van der Waals surface area contributed by atoms with Crippen molar-refractivity contribution in [2.24, 2.45) is 5.73 Å². The molecule has 2 rings (SSSR count). The molecule has 0 saturated heterocycles. The van der Waals surface area contributed by atoms with Crippen molar-refractivity contribution < 1.29 is 4.39 Å².